The molecule has 17 heavy (non-hydrogen) atoms. The first-order chi connectivity index (χ1) is 8.15. The summed E-state index contributed by atoms with van der Waals surface area (Å²) in [5.74, 6) is 0.0590. The molecular formula is C12H17FINO2. The highest BCUT2D eigenvalue weighted by molar-refractivity contribution is 14.1. The fraction of sp³-hybridized carbons (Fsp3) is 0.500. The zero-order valence-corrected chi connectivity index (χ0v) is 12.0. The summed E-state index contributed by atoms with van der Waals surface area (Å²) in [5, 5.41) is 0. The van der Waals surface area contributed by atoms with Crippen molar-refractivity contribution in [2.24, 2.45) is 0 Å². The van der Waals surface area contributed by atoms with Gasteiger partial charge in [-0.05, 0) is 35.1 Å². The molecule has 0 fully saturated rings. The summed E-state index contributed by atoms with van der Waals surface area (Å²) >= 11 is 1.89. The van der Waals surface area contributed by atoms with Crippen molar-refractivity contribution < 1.29 is 13.9 Å². The van der Waals surface area contributed by atoms with Gasteiger partial charge in [0.2, 0.25) is 0 Å². The summed E-state index contributed by atoms with van der Waals surface area (Å²) < 4.78 is 24.4. The van der Waals surface area contributed by atoms with Gasteiger partial charge in [-0.25, -0.2) is 4.39 Å². The van der Waals surface area contributed by atoms with E-state index in [2.05, 4.69) is 6.92 Å². The van der Waals surface area contributed by atoms with Gasteiger partial charge in [-0.2, -0.15) is 0 Å². The highest BCUT2D eigenvalue weighted by atomic mass is 127. The molecule has 5 heteroatoms. The van der Waals surface area contributed by atoms with Gasteiger partial charge in [-0.1, -0.05) is 13.3 Å². The molecule has 1 aromatic rings. The summed E-state index contributed by atoms with van der Waals surface area (Å²) in [6, 6.07) is 2.87. The molecule has 96 valence electrons. The van der Waals surface area contributed by atoms with Crippen LogP contribution < -0.4 is 10.5 Å². The predicted molar refractivity (Wildman–Crippen MR) is 74.8 cm³/mol. The Morgan fingerprint density at radius 2 is 2.06 bits per heavy atom. The van der Waals surface area contributed by atoms with Crippen LogP contribution in [-0.2, 0) is 4.74 Å². The number of nitrogen functional groups attached to an aromatic ring is 1. The number of benzene rings is 1. The topological polar surface area (TPSA) is 44.5 Å². The van der Waals surface area contributed by atoms with Gasteiger partial charge in [-0.15, -0.1) is 0 Å². The van der Waals surface area contributed by atoms with E-state index in [0.717, 1.165) is 19.4 Å². The van der Waals surface area contributed by atoms with E-state index in [-0.39, 0.29) is 5.82 Å². The molecule has 0 amide bonds. The van der Waals surface area contributed by atoms with Crippen LogP contribution in [0.2, 0.25) is 0 Å². The highest BCUT2D eigenvalue weighted by Crippen LogP contribution is 2.26. The van der Waals surface area contributed by atoms with E-state index in [9.17, 15) is 4.39 Å². The SMILES string of the molecule is CCCCOCCOc1cc(F)c(I)cc1N. The molecule has 3 nitrogen and oxygen atoms in total. The average Bonchev–Trinajstić information content (AvgIpc) is 2.30. The Morgan fingerprint density at radius 1 is 1.29 bits per heavy atom. The van der Waals surface area contributed by atoms with Crippen LogP contribution in [0, 0.1) is 9.39 Å². The van der Waals surface area contributed by atoms with E-state index in [1.165, 1.54) is 6.07 Å². The summed E-state index contributed by atoms with van der Waals surface area (Å²) in [6.45, 7) is 3.71. The van der Waals surface area contributed by atoms with Crippen LogP contribution in [0.4, 0.5) is 10.1 Å². The molecule has 0 aliphatic carbocycles. The van der Waals surface area contributed by atoms with E-state index < -0.39 is 0 Å². The van der Waals surface area contributed by atoms with Crippen molar-refractivity contribution in [2.45, 2.75) is 19.8 Å². The minimum Gasteiger partial charge on any atom is -0.489 e. The maximum Gasteiger partial charge on any atom is 0.145 e. The predicted octanol–water partition coefficient (Wildman–Crippen LogP) is 3.21. The van der Waals surface area contributed by atoms with Crippen LogP contribution >= 0.6 is 22.6 Å². The molecular weight excluding hydrogens is 336 g/mol. The van der Waals surface area contributed by atoms with Gasteiger partial charge in [0, 0.05) is 12.7 Å². The van der Waals surface area contributed by atoms with Crippen molar-refractivity contribution in [3.63, 3.8) is 0 Å². The van der Waals surface area contributed by atoms with Crippen LogP contribution in [0.15, 0.2) is 12.1 Å². The van der Waals surface area contributed by atoms with Crippen molar-refractivity contribution in [3.8, 4) is 5.75 Å². The molecule has 0 aromatic heterocycles. The van der Waals surface area contributed by atoms with Crippen LogP contribution in [0.3, 0.4) is 0 Å². The summed E-state index contributed by atoms with van der Waals surface area (Å²) in [4.78, 5) is 0. The van der Waals surface area contributed by atoms with Crippen molar-refractivity contribution in [1.82, 2.24) is 0 Å². The van der Waals surface area contributed by atoms with Gasteiger partial charge >= 0.3 is 0 Å². The zero-order valence-electron chi connectivity index (χ0n) is 9.84. The normalized spacial score (nSPS) is 10.5. The maximum atomic E-state index is 13.3. The second-order valence-electron chi connectivity index (χ2n) is 3.62. The lowest BCUT2D eigenvalue weighted by atomic mass is 10.3. The van der Waals surface area contributed by atoms with Crippen LogP contribution in [0.1, 0.15) is 19.8 Å². The standard InChI is InChI=1S/C12H17FINO2/c1-2-3-4-16-5-6-17-12-7-9(13)10(14)8-11(12)15/h7-8H,2-6,15H2,1H3. The number of rotatable bonds is 7. The van der Waals surface area contributed by atoms with Crippen molar-refractivity contribution in [1.29, 1.82) is 0 Å². The Kier molecular flexibility index (Phi) is 6.57. The lowest BCUT2D eigenvalue weighted by Crippen LogP contribution is -2.09. The molecule has 0 saturated carbocycles. The van der Waals surface area contributed by atoms with E-state index in [1.807, 2.05) is 22.6 Å². The lowest BCUT2D eigenvalue weighted by Gasteiger charge is -2.10. The third kappa shape index (κ3) is 5.08. The highest BCUT2D eigenvalue weighted by Gasteiger charge is 2.06. The number of anilines is 1. The Bertz CT molecular complexity index is 361. The molecule has 0 bridgehead atoms. The Balaban J connectivity index is 2.34. The van der Waals surface area contributed by atoms with Gasteiger partial charge in [-0.3, -0.25) is 0 Å². The number of nitrogens with two attached hydrogens (primary N) is 1. The molecule has 0 radical (unpaired) electrons. The quantitative estimate of drug-likeness (QED) is 0.465. The van der Waals surface area contributed by atoms with Gasteiger partial charge < -0.3 is 15.2 Å². The molecule has 1 rings (SSSR count). The first-order valence-electron chi connectivity index (χ1n) is 5.60. The average molecular weight is 353 g/mol. The monoisotopic (exact) mass is 353 g/mol. The minimum atomic E-state index is -0.318. The molecule has 0 spiro atoms. The molecule has 0 heterocycles. The summed E-state index contributed by atoms with van der Waals surface area (Å²) in [7, 11) is 0. The first-order valence-corrected chi connectivity index (χ1v) is 6.68. The van der Waals surface area contributed by atoms with Crippen molar-refractivity contribution >= 4 is 28.3 Å². The first kappa shape index (κ1) is 14.5. The van der Waals surface area contributed by atoms with Gasteiger partial charge in [0.1, 0.15) is 18.2 Å². The van der Waals surface area contributed by atoms with E-state index in [0.29, 0.717) is 28.2 Å². The van der Waals surface area contributed by atoms with Gasteiger partial charge in [0.25, 0.3) is 0 Å². The number of ether oxygens (including phenoxy) is 2. The summed E-state index contributed by atoms with van der Waals surface area (Å²) in [6.07, 6.45) is 2.15. The van der Waals surface area contributed by atoms with E-state index >= 15 is 0 Å². The molecule has 1 aromatic carbocycles. The molecule has 0 saturated heterocycles. The molecule has 0 unspecified atom stereocenters. The Hall–Kier alpha value is -0.560. The van der Waals surface area contributed by atoms with Crippen molar-refractivity contribution in [3.05, 3.63) is 21.5 Å². The fourth-order valence-corrected chi connectivity index (χ4v) is 1.72. The Labute approximate surface area is 115 Å². The van der Waals surface area contributed by atoms with Gasteiger partial charge in [0.05, 0.1) is 15.9 Å². The zero-order chi connectivity index (χ0) is 12.7. The van der Waals surface area contributed by atoms with Crippen LogP contribution in [0.25, 0.3) is 0 Å². The Morgan fingerprint density at radius 3 is 2.76 bits per heavy atom. The summed E-state index contributed by atoms with van der Waals surface area (Å²) in [5.41, 5.74) is 6.16. The van der Waals surface area contributed by atoms with E-state index in [4.69, 9.17) is 15.2 Å². The van der Waals surface area contributed by atoms with E-state index in [1.54, 1.807) is 6.07 Å². The third-order valence-corrected chi connectivity index (χ3v) is 3.01. The largest absolute Gasteiger partial charge is 0.489 e. The number of unbranched alkanes of at least 4 members (excludes halogenated alkanes) is 1. The molecule has 0 atom stereocenters. The van der Waals surface area contributed by atoms with Gasteiger partial charge in [0.15, 0.2) is 0 Å². The van der Waals surface area contributed by atoms with Crippen LogP contribution in [0.5, 0.6) is 5.75 Å². The second kappa shape index (κ2) is 7.71. The maximum absolute atomic E-state index is 13.3. The molecule has 2 N–H and O–H groups in total. The van der Waals surface area contributed by atoms with Crippen molar-refractivity contribution in [2.75, 3.05) is 25.6 Å². The number of hydrogen-bond acceptors (Lipinski definition) is 3. The number of hydrogen-bond donors (Lipinski definition) is 1. The fourth-order valence-electron chi connectivity index (χ4n) is 1.23. The lowest BCUT2D eigenvalue weighted by molar-refractivity contribution is 0.0982. The smallest absolute Gasteiger partial charge is 0.145 e. The number of halogens is 2. The minimum absolute atomic E-state index is 0.318. The van der Waals surface area contributed by atoms with Crippen LogP contribution in [-0.4, -0.2) is 19.8 Å². The molecule has 0 aliphatic heterocycles. The third-order valence-electron chi connectivity index (χ3n) is 2.18. The second-order valence-corrected chi connectivity index (χ2v) is 4.78. The molecule has 0 aliphatic rings.